The summed E-state index contributed by atoms with van der Waals surface area (Å²) in [7, 11) is 0. The van der Waals surface area contributed by atoms with Crippen LogP contribution in [0.15, 0.2) is 41.8 Å². The Hall–Kier alpha value is -2.18. The Morgan fingerprint density at radius 2 is 1.92 bits per heavy atom. The number of carboxylic acids is 1. The van der Waals surface area contributed by atoms with Gasteiger partial charge in [0.2, 0.25) is 5.91 Å². The molecule has 0 aliphatic carbocycles. The number of rotatable bonds is 9. The summed E-state index contributed by atoms with van der Waals surface area (Å²) in [5, 5.41) is 14.0. The molecule has 0 saturated carbocycles. The van der Waals surface area contributed by atoms with Crippen LogP contribution in [0.3, 0.4) is 0 Å². The van der Waals surface area contributed by atoms with Crippen LogP contribution in [0, 0.1) is 6.92 Å². The predicted molar refractivity (Wildman–Crippen MR) is 99.9 cm³/mol. The Morgan fingerprint density at radius 1 is 1.20 bits per heavy atom. The molecule has 6 heteroatoms. The van der Waals surface area contributed by atoms with E-state index in [0.29, 0.717) is 6.54 Å². The maximum Gasteiger partial charge on any atom is 0.317 e. The van der Waals surface area contributed by atoms with Crippen LogP contribution in [-0.2, 0) is 9.59 Å². The van der Waals surface area contributed by atoms with E-state index >= 15 is 0 Å². The zero-order valence-corrected chi connectivity index (χ0v) is 15.4. The standard InChI is InChI=1S/C19H24N2O3S/c1-3-10-21(13-18(23)24)12-17(22)20-19(16-5-4-11-25-16)15-8-6-14(2)7-9-15/h4-9,11,19H,3,10,12-13H2,1-2H3,(H,20,22)(H,23,24). The minimum atomic E-state index is -0.922. The van der Waals surface area contributed by atoms with Crippen molar-refractivity contribution < 1.29 is 14.7 Å². The second-order valence-electron chi connectivity index (χ2n) is 6.03. The van der Waals surface area contributed by atoms with Crippen LogP contribution in [0.25, 0.3) is 0 Å². The first-order valence-electron chi connectivity index (χ1n) is 8.33. The fourth-order valence-corrected chi connectivity index (χ4v) is 3.47. The number of nitrogens with one attached hydrogen (secondary N) is 1. The summed E-state index contributed by atoms with van der Waals surface area (Å²) in [5.74, 6) is -1.09. The molecule has 0 aliphatic rings. The lowest BCUT2D eigenvalue weighted by atomic mass is 10.0. The van der Waals surface area contributed by atoms with Gasteiger partial charge < -0.3 is 10.4 Å². The Kier molecular flexibility index (Phi) is 7.16. The Bertz CT molecular complexity index is 683. The molecule has 1 atom stereocenters. The summed E-state index contributed by atoms with van der Waals surface area (Å²) in [6, 6.07) is 11.8. The van der Waals surface area contributed by atoms with Crippen molar-refractivity contribution in [1.82, 2.24) is 10.2 Å². The van der Waals surface area contributed by atoms with E-state index in [-0.39, 0.29) is 25.0 Å². The maximum absolute atomic E-state index is 12.5. The van der Waals surface area contributed by atoms with Gasteiger partial charge in [0.1, 0.15) is 0 Å². The molecule has 0 radical (unpaired) electrons. The molecule has 1 aromatic heterocycles. The molecule has 0 saturated heterocycles. The van der Waals surface area contributed by atoms with Crippen LogP contribution in [0.4, 0.5) is 0 Å². The highest BCUT2D eigenvalue weighted by Gasteiger charge is 2.20. The highest BCUT2D eigenvalue weighted by molar-refractivity contribution is 7.10. The molecule has 2 rings (SSSR count). The van der Waals surface area contributed by atoms with E-state index in [2.05, 4.69) is 5.32 Å². The van der Waals surface area contributed by atoms with E-state index in [9.17, 15) is 9.59 Å². The largest absolute Gasteiger partial charge is 0.480 e. The van der Waals surface area contributed by atoms with Crippen LogP contribution < -0.4 is 5.32 Å². The summed E-state index contributed by atoms with van der Waals surface area (Å²) in [6.07, 6.45) is 0.798. The molecule has 2 aromatic rings. The van der Waals surface area contributed by atoms with Crippen molar-refractivity contribution in [3.63, 3.8) is 0 Å². The third kappa shape index (κ3) is 5.99. The Morgan fingerprint density at radius 3 is 2.48 bits per heavy atom. The van der Waals surface area contributed by atoms with Gasteiger partial charge in [0.25, 0.3) is 0 Å². The van der Waals surface area contributed by atoms with Crippen LogP contribution in [0.5, 0.6) is 0 Å². The molecule has 5 nitrogen and oxygen atoms in total. The van der Waals surface area contributed by atoms with Gasteiger partial charge in [0.05, 0.1) is 19.1 Å². The van der Waals surface area contributed by atoms with Crippen LogP contribution in [-0.4, -0.2) is 41.5 Å². The number of aryl methyl sites for hydroxylation is 1. The third-order valence-electron chi connectivity index (χ3n) is 3.81. The average molecular weight is 360 g/mol. The molecular formula is C19H24N2O3S. The SMILES string of the molecule is CCCN(CC(=O)O)CC(=O)NC(c1ccc(C)cc1)c1cccs1. The lowest BCUT2D eigenvalue weighted by Crippen LogP contribution is -2.41. The van der Waals surface area contributed by atoms with Gasteiger partial charge in [-0.3, -0.25) is 14.5 Å². The number of aliphatic carboxylic acids is 1. The number of benzene rings is 1. The van der Waals surface area contributed by atoms with Crippen LogP contribution in [0.1, 0.15) is 35.4 Å². The maximum atomic E-state index is 12.5. The van der Waals surface area contributed by atoms with Gasteiger partial charge in [-0.1, -0.05) is 42.8 Å². The summed E-state index contributed by atoms with van der Waals surface area (Å²) >= 11 is 1.59. The number of thiophene rings is 1. The third-order valence-corrected chi connectivity index (χ3v) is 4.75. The van der Waals surface area contributed by atoms with Crippen molar-refractivity contribution in [2.75, 3.05) is 19.6 Å². The lowest BCUT2D eigenvalue weighted by molar-refractivity contribution is -0.138. The van der Waals surface area contributed by atoms with Gasteiger partial charge in [0.15, 0.2) is 0 Å². The van der Waals surface area contributed by atoms with Crippen molar-refractivity contribution in [3.8, 4) is 0 Å². The number of hydrogen-bond acceptors (Lipinski definition) is 4. The summed E-state index contributed by atoms with van der Waals surface area (Å²) in [6.45, 7) is 4.52. The van der Waals surface area contributed by atoms with Crippen molar-refractivity contribution in [3.05, 3.63) is 57.8 Å². The van der Waals surface area contributed by atoms with Gasteiger partial charge in [-0.25, -0.2) is 0 Å². The fraction of sp³-hybridized carbons (Fsp3) is 0.368. The molecule has 25 heavy (non-hydrogen) atoms. The first-order chi connectivity index (χ1) is 12.0. The fourth-order valence-electron chi connectivity index (χ4n) is 2.66. The second-order valence-corrected chi connectivity index (χ2v) is 7.01. The van der Waals surface area contributed by atoms with Crippen molar-refractivity contribution in [2.24, 2.45) is 0 Å². The second kappa shape index (κ2) is 9.34. The highest BCUT2D eigenvalue weighted by Crippen LogP contribution is 2.26. The number of hydrogen-bond donors (Lipinski definition) is 2. The predicted octanol–water partition coefficient (Wildman–Crippen LogP) is 3.06. The normalized spacial score (nSPS) is 12.1. The number of carbonyl (C=O) groups is 2. The number of amides is 1. The van der Waals surface area contributed by atoms with E-state index in [1.165, 1.54) is 0 Å². The summed E-state index contributed by atoms with van der Waals surface area (Å²) in [5.41, 5.74) is 2.18. The monoisotopic (exact) mass is 360 g/mol. The van der Waals surface area contributed by atoms with Crippen LogP contribution >= 0.6 is 11.3 Å². The molecule has 0 bridgehead atoms. The minimum Gasteiger partial charge on any atom is -0.480 e. The molecule has 0 fully saturated rings. The van der Waals surface area contributed by atoms with E-state index in [1.54, 1.807) is 16.2 Å². The first-order valence-corrected chi connectivity index (χ1v) is 9.21. The van der Waals surface area contributed by atoms with E-state index in [0.717, 1.165) is 22.4 Å². The zero-order valence-electron chi connectivity index (χ0n) is 14.6. The molecule has 0 spiro atoms. The van der Waals surface area contributed by atoms with Crippen molar-refractivity contribution in [2.45, 2.75) is 26.3 Å². The Balaban J connectivity index is 2.12. The first kappa shape index (κ1) is 19.1. The quantitative estimate of drug-likeness (QED) is 0.721. The van der Waals surface area contributed by atoms with E-state index in [1.807, 2.05) is 55.6 Å². The van der Waals surface area contributed by atoms with E-state index in [4.69, 9.17) is 5.11 Å². The minimum absolute atomic E-state index is 0.0773. The van der Waals surface area contributed by atoms with Crippen molar-refractivity contribution >= 4 is 23.2 Å². The summed E-state index contributed by atoms with van der Waals surface area (Å²) < 4.78 is 0. The van der Waals surface area contributed by atoms with Gasteiger partial charge in [-0.05, 0) is 36.9 Å². The van der Waals surface area contributed by atoms with Gasteiger partial charge in [0, 0.05) is 4.88 Å². The number of carbonyl (C=O) groups excluding carboxylic acids is 1. The average Bonchev–Trinajstić information content (AvgIpc) is 3.07. The molecule has 2 N–H and O–H groups in total. The smallest absolute Gasteiger partial charge is 0.317 e. The number of nitrogens with zero attached hydrogens (tertiary/aromatic N) is 1. The molecule has 134 valence electrons. The molecule has 1 amide bonds. The van der Waals surface area contributed by atoms with Gasteiger partial charge in [-0.2, -0.15) is 0 Å². The van der Waals surface area contributed by atoms with E-state index < -0.39 is 5.97 Å². The zero-order chi connectivity index (χ0) is 18.2. The topological polar surface area (TPSA) is 69.6 Å². The van der Waals surface area contributed by atoms with Gasteiger partial charge >= 0.3 is 5.97 Å². The number of carboxylic acid groups (broad SMARTS) is 1. The highest BCUT2D eigenvalue weighted by atomic mass is 32.1. The lowest BCUT2D eigenvalue weighted by Gasteiger charge is -2.22. The van der Waals surface area contributed by atoms with Crippen LogP contribution in [0.2, 0.25) is 0 Å². The molecule has 1 aromatic carbocycles. The molecule has 1 unspecified atom stereocenters. The van der Waals surface area contributed by atoms with Gasteiger partial charge in [-0.15, -0.1) is 11.3 Å². The molecular weight excluding hydrogens is 336 g/mol. The molecule has 1 heterocycles. The van der Waals surface area contributed by atoms with Crippen molar-refractivity contribution in [1.29, 1.82) is 0 Å². The molecule has 0 aliphatic heterocycles. The summed E-state index contributed by atoms with van der Waals surface area (Å²) in [4.78, 5) is 26.2. The Labute approximate surface area is 152 Å².